The van der Waals surface area contributed by atoms with Gasteiger partial charge in [-0.05, 0) is 12.8 Å². The topological polar surface area (TPSA) is 80.3 Å². The van der Waals surface area contributed by atoms with Gasteiger partial charge in [-0.25, -0.2) is 0 Å². The van der Waals surface area contributed by atoms with Gasteiger partial charge in [-0.15, -0.1) is 0 Å². The predicted molar refractivity (Wildman–Crippen MR) is 56.0 cm³/mol. The second kappa shape index (κ2) is 5.32. The molecule has 0 heterocycles. The SMILES string of the molecule is CC(C)(CCCCC(C)(C)C(=O)[O-])C(=O)[O-]. The highest BCUT2D eigenvalue weighted by molar-refractivity contribution is 5.71. The first-order chi connectivity index (χ1) is 7.09. The third-order valence-electron chi connectivity index (χ3n) is 2.96. The summed E-state index contributed by atoms with van der Waals surface area (Å²) in [5.74, 6) is -2.13. The van der Waals surface area contributed by atoms with E-state index < -0.39 is 22.8 Å². The highest BCUT2D eigenvalue weighted by atomic mass is 16.4. The first-order valence-electron chi connectivity index (χ1n) is 5.52. The molecule has 0 aromatic rings. The van der Waals surface area contributed by atoms with Crippen molar-refractivity contribution in [2.45, 2.75) is 53.4 Å². The van der Waals surface area contributed by atoms with Crippen LogP contribution in [0, 0.1) is 10.8 Å². The van der Waals surface area contributed by atoms with Crippen molar-refractivity contribution in [1.29, 1.82) is 0 Å². The Morgan fingerprint density at radius 3 is 1.25 bits per heavy atom. The van der Waals surface area contributed by atoms with Gasteiger partial charge in [0.2, 0.25) is 0 Å². The Hall–Kier alpha value is -1.06. The molecule has 0 radical (unpaired) electrons. The maximum atomic E-state index is 10.7. The van der Waals surface area contributed by atoms with Crippen LogP contribution in [-0.2, 0) is 9.59 Å². The van der Waals surface area contributed by atoms with Gasteiger partial charge in [0.1, 0.15) is 0 Å². The fourth-order valence-electron chi connectivity index (χ4n) is 1.34. The molecule has 0 bridgehead atoms. The number of hydrogen-bond donors (Lipinski definition) is 0. The molecule has 0 aliphatic rings. The molecule has 94 valence electrons. The molecule has 0 fully saturated rings. The van der Waals surface area contributed by atoms with E-state index in [0.29, 0.717) is 25.7 Å². The van der Waals surface area contributed by atoms with Crippen molar-refractivity contribution in [3.63, 3.8) is 0 Å². The van der Waals surface area contributed by atoms with E-state index in [-0.39, 0.29) is 0 Å². The minimum absolute atomic E-state index is 0.498. The molecule has 0 spiro atoms. The van der Waals surface area contributed by atoms with Gasteiger partial charge in [-0.2, -0.15) is 0 Å². The van der Waals surface area contributed by atoms with E-state index >= 15 is 0 Å². The van der Waals surface area contributed by atoms with Crippen LogP contribution >= 0.6 is 0 Å². The Kier molecular flexibility index (Phi) is 4.97. The first-order valence-corrected chi connectivity index (χ1v) is 5.52. The van der Waals surface area contributed by atoms with Crippen molar-refractivity contribution in [1.82, 2.24) is 0 Å². The number of rotatable bonds is 7. The van der Waals surface area contributed by atoms with Crippen LogP contribution in [0.4, 0.5) is 0 Å². The fourth-order valence-corrected chi connectivity index (χ4v) is 1.34. The smallest absolute Gasteiger partial charge is 0.0470 e. The zero-order valence-electron chi connectivity index (χ0n) is 10.5. The van der Waals surface area contributed by atoms with Gasteiger partial charge in [-0.3, -0.25) is 0 Å². The lowest BCUT2D eigenvalue weighted by molar-refractivity contribution is -0.319. The highest BCUT2D eigenvalue weighted by Crippen LogP contribution is 2.27. The maximum absolute atomic E-state index is 10.7. The minimum atomic E-state index is -1.06. The Morgan fingerprint density at radius 1 is 0.812 bits per heavy atom. The summed E-state index contributed by atoms with van der Waals surface area (Å²) in [5, 5.41) is 21.4. The van der Waals surface area contributed by atoms with Gasteiger partial charge in [0.05, 0.1) is 0 Å². The normalized spacial score (nSPS) is 12.5. The van der Waals surface area contributed by atoms with Gasteiger partial charge in [-0.1, -0.05) is 40.5 Å². The summed E-state index contributed by atoms with van der Waals surface area (Å²) in [5.41, 5.74) is -1.68. The lowest BCUT2D eigenvalue weighted by Crippen LogP contribution is -2.39. The van der Waals surface area contributed by atoms with Crippen LogP contribution < -0.4 is 10.2 Å². The molecule has 0 aromatic carbocycles. The quantitative estimate of drug-likeness (QED) is 0.579. The molecule has 4 nitrogen and oxygen atoms in total. The fraction of sp³-hybridized carbons (Fsp3) is 0.833. The predicted octanol–water partition coefficient (Wildman–Crippen LogP) is 0.0990. The summed E-state index contributed by atoms with van der Waals surface area (Å²) in [6.07, 6.45) is 2.35. The van der Waals surface area contributed by atoms with Crippen LogP contribution in [0.15, 0.2) is 0 Å². The molecule has 0 unspecified atom stereocenters. The molecule has 16 heavy (non-hydrogen) atoms. The van der Waals surface area contributed by atoms with E-state index in [2.05, 4.69) is 0 Å². The second-order valence-corrected chi connectivity index (χ2v) is 5.55. The minimum Gasteiger partial charge on any atom is -0.550 e. The molecule has 0 N–H and O–H groups in total. The molecule has 0 atom stereocenters. The van der Waals surface area contributed by atoms with E-state index in [1.165, 1.54) is 0 Å². The van der Waals surface area contributed by atoms with Crippen molar-refractivity contribution in [2.75, 3.05) is 0 Å². The van der Waals surface area contributed by atoms with Gasteiger partial charge in [0, 0.05) is 22.8 Å². The average molecular weight is 228 g/mol. The van der Waals surface area contributed by atoms with Crippen molar-refractivity contribution in [3.05, 3.63) is 0 Å². The molecule has 0 saturated heterocycles. The highest BCUT2D eigenvalue weighted by Gasteiger charge is 2.21. The zero-order valence-corrected chi connectivity index (χ0v) is 10.5. The lowest BCUT2D eigenvalue weighted by Gasteiger charge is -2.28. The van der Waals surface area contributed by atoms with Crippen molar-refractivity contribution >= 4 is 11.9 Å². The van der Waals surface area contributed by atoms with Crippen LogP contribution in [0.1, 0.15) is 53.4 Å². The average Bonchev–Trinajstić information content (AvgIpc) is 2.12. The molecule has 0 saturated carbocycles. The van der Waals surface area contributed by atoms with Crippen LogP contribution in [0.25, 0.3) is 0 Å². The third-order valence-corrected chi connectivity index (χ3v) is 2.96. The van der Waals surface area contributed by atoms with Crippen molar-refractivity contribution < 1.29 is 19.8 Å². The number of hydrogen-bond acceptors (Lipinski definition) is 4. The van der Waals surface area contributed by atoms with Crippen LogP contribution in [0.5, 0.6) is 0 Å². The van der Waals surface area contributed by atoms with E-state index in [1.807, 2.05) is 0 Å². The molecular weight excluding hydrogens is 208 g/mol. The van der Waals surface area contributed by atoms with Gasteiger partial charge < -0.3 is 19.8 Å². The number of aliphatic carboxylic acids is 2. The number of carbonyl (C=O) groups is 2. The molecule has 0 aliphatic carbocycles. The molecule has 0 aromatic heterocycles. The number of carboxylic acids is 2. The van der Waals surface area contributed by atoms with Crippen LogP contribution in [-0.4, -0.2) is 11.9 Å². The maximum Gasteiger partial charge on any atom is 0.0470 e. The second-order valence-electron chi connectivity index (χ2n) is 5.55. The number of carboxylic acid groups (broad SMARTS) is 2. The van der Waals surface area contributed by atoms with Crippen LogP contribution in [0.2, 0.25) is 0 Å². The van der Waals surface area contributed by atoms with Crippen molar-refractivity contribution in [2.24, 2.45) is 10.8 Å². The monoisotopic (exact) mass is 228 g/mol. The van der Waals surface area contributed by atoms with E-state index in [4.69, 9.17) is 0 Å². The van der Waals surface area contributed by atoms with E-state index in [9.17, 15) is 19.8 Å². The van der Waals surface area contributed by atoms with Gasteiger partial charge >= 0.3 is 0 Å². The lowest BCUT2D eigenvalue weighted by atomic mass is 9.83. The largest absolute Gasteiger partial charge is 0.550 e. The third kappa shape index (κ3) is 4.64. The van der Waals surface area contributed by atoms with E-state index in [0.717, 1.165) is 0 Å². The van der Waals surface area contributed by atoms with Crippen LogP contribution in [0.3, 0.4) is 0 Å². The summed E-state index contributed by atoms with van der Waals surface area (Å²) in [6, 6.07) is 0. The van der Waals surface area contributed by atoms with E-state index in [1.54, 1.807) is 27.7 Å². The summed E-state index contributed by atoms with van der Waals surface area (Å²) in [7, 11) is 0. The molecular formula is C12H20O4-2. The van der Waals surface area contributed by atoms with Crippen molar-refractivity contribution in [3.8, 4) is 0 Å². The standard InChI is InChI=1S/C12H22O4/c1-11(2,9(13)14)7-5-6-8-12(3,4)10(15)16/h5-8H2,1-4H3,(H,13,14)(H,15,16)/p-2. The Morgan fingerprint density at radius 2 is 1.06 bits per heavy atom. The molecule has 0 amide bonds. The van der Waals surface area contributed by atoms with Gasteiger partial charge in [0.15, 0.2) is 0 Å². The molecule has 4 heteroatoms. The number of unbranched alkanes of at least 4 members (excludes halogenated alkanes) is 1. The summed E-state index contributed by atoms with van der Waals surface area (Å²) < 4.78 is 0. The first kappa shape index (κ1) is 14.9. The molecule has 0 aliphatic heterocycles. The molecule has 0 rings (SSSR count). The Bertz CT molecular complexity index is 238. The Balaban J connectivity index is 3.94. The summed E-state index contributed by atoms with van der Waals surface area (Å²) in [4.78, 5) is 21.4. The summed E-state index contributed by atoms with van der Waals surface area (Å²) in [6.45, 7) is 6.47. The Labute approximate surface area is 96.7 Å². The van der Waals surface area contributed by atoms with Gasteiger partial charge in [0.25, 0.3) is 0 Å². The summed E-state index contributed by atoms with van der Waals surface area (Å²) >= 11 is 0. The zero-order chi connectivity index (χ0) is 13.0. The number of carbonyl (C=O) groups excluding carboxylic acids is 2.